The molecule has 0 aliphatic rings. The number of hydrogen-bond acceptors (Lipinski definition) is 7. The third kappa shape index (κ3) is 5.87. The van der Waals surface area contributed by atoms with Crippen LogP contribution in [0.2, 0.25) is 0 Å². The van der Waals surface area contributed by atoms with Gasteiger partial charge in [0.2, 0.25) is 0 Å². The van der Waals surface area contributed by atoms with Crippen LogP contribution >= 0.6 is 0 Å². The number of amides is 1. The fourth-order valence-electron chi connectivity index (χ4n) is 3.90. The number of aryl methyl sites for hydroxylation is 1. The van der Waals surface area contributed by atoms with Gasteiger partial charge in [0.15, 0.2) is 26.2 Å². The standard InChI is InChI=1S/C25H29F2N3O6S/c1-25(24(32)29-33,37(3,34)35)9-12-30-11-8-17-14-16(4-7-20(17)23(30)31)19-6-5-18(21(26)22(19)27)15-28-10-13-36-2/h4-8,11,14,28,33H,9-10,12-13,15H2,1-3H3,(H,29,32). The van der Waals surface area contributed by atoms with Crippen molar-refractivity contribution < 1.29 is 31.9 Å². The molecule has 1 amide bonds. The minimum Gasteiger partial charge on any atom is -0.383 e. The molecule has 1 unspecified atom stereocenters. The average Bonchev–Trinajstić information content (AvgIpc) is 2.87. The number of nitrogens with one attached hydrogen (secondary N) is 2. The molecule has 0 aliphatic carbocycles. The summed E-state index contributed by atoms with van der Waals surface area (Å²) in [5.41, 5.74) is 1.52. The molecule has 200 valence electrons. The van der Waals surface area contributed by atoms with Crippen molar-refractivity contribution in [1.82, 2.24) is 15.4 Å². The molecule has 0 saturated heterocycles. The normalized spacial score (nSPS) is 13.5. The summed E-state index contributed by atoms with van der Waals surface area (Å²) in [6.45, 7) is 2.12. The number of hydroxylamine groups is 1. The van der Waals surface area contributed by atoms with Crippen LogP contribution in [0.25, 0.3) is 21.9 Å². The number of methoxy groups -OCH3 is 1. The summed E-state index contributed by atoms with van der Waals surface area (Å²) in [5, 5.41) is 12.7. The topological polar surface area (TPSA) is 127 Å². The zero-order valence-electron chi connectivity index (χ0n) is 20.7. The van der Waals surface area contributed by atoms with E-state index in [0.717, 1.165) is 6.26 Å². The van der Waals surface area contributed by atoms with Crippen LogP contribution in [0, 0.1) is 11.6 Å². The van der Waals surface area contributed by atoms with Crippen molar-refractivity contribution in [1.29, 1.82) is 0 Å². The summed E-state index contributed by atoms with van der Waals surface area (Å²) in [4.78, 5) is 25.0. The Bertz CT molecular complexity index is 1480. The van der Waals surface area contributed by atoms with Crippen LogP contribution in [-0.2, 0) is 32.5 Å². The van der Waals surface area contributed by atoms with Crippen molar-refractivity contribution >= 4 is 26.5 Å². The number of carbonyl (C=O) groups excluding carboxylic acids is 1. The molecule has 0 spiro atoms. The number of fused-ring (bicyclic) bond motifs is 1. The zero-order valence-corrected chi connectivity index (χ0v) is 21.5. The van der Waals surface area contributed by atoms with E-state index in [1.54, 1.807) is 19.2 Å². The lowest BCUT2D eigenvalue weighted by Crippen LogP contribution is -2.49. The lowest BCUT2D eigenvalue weighted by Gasteiger charge is -2.25. The molecule has 0 radical (unpaired) electrons. The van der Waals surface area contributed by atoms with E-state index in [9.17, 15) is 26.8 Å². The van der Waals surface area contributed by atoms with Gasteiger partial charge in [-0.25, -0.2) is 22.7 Å². The maximum atomic E-state index is 14.9. The number of aromatic nitrogens is 1. The van der Waals surface area contributed by atoms with Crippen molar-refractivity contribution in [3.05, 3.63) is 70.1 Å². The monoisotopic (exact) mass is 537 g/mol. The molecule has 0 fully saturated rings. The maximum Gasteiger partial charge on any atom is 0.264 e. The van der Waals surface area contributed by atoms with E-state index in [-0.39, 0.29) is 36.0 Å². The molecule has 0 saturated carbocycles. The summed E-state index contributed by atoms with van der Waals surface area (Å²) in [5.74, 6) is -3.06. The molecule has 2 aromatic carbocycles. The van der Waals surface area contributed by atoms with Gasteiger partial charge in [-0.15, -0.1) is 0 Å². The predicted octanol–water partition coefficient (Wildman–Crippen LogP) is 2.38. The summed E-state index contributed by atoms with van der Waals surface area (Å²) in [6.07, 6.45) is 2.04. The molecule has 1 heterocycles. The van der Waals surface area contributed by atoms with Crippen LogP contribution in [0.15, 0.2) is 47.4 Å². The number of hydrogen-bond donors (Lipinski definition) is 3. The first-order valence-corrected chi connectivity index (χ1v) is 13.3. The lowest BCUT2D eigenvalue weighted by molar-refractivity contribution is -0.131. The molecule has 1 aromatic heterocycles. The molecule has 3 N–H and O–H groups in total. The van der Waals surface area contributed by atoms with Crippen LogP contribution < -0.4 is 16.4 Å². The highest BCUT2D eigenvalue weighted by atomic mass is 32.2. The highest BCUT2D eigenvalue weighted by molar-refractivity contribution is 7.92. The van der Waals surface area contributed by atoms with Crippen molar-refractivity contribution in [2.75, 3.05) is 26.5 Å². The quantitative estimate of drug-likeness (QED) is 0.195. The minimum absolute atomic E-state index is 0.0446. The van der Waals surface area contributed by atoms with E-state index in [1.165, 1.54) is 47.4 Å². The second-order valence-electron chi connectivity index (χ2n) is 8.88. The van der Waals surface area contributed by atoms with Crippen LogP contribution in [0.3, 0.4) is 0 Å². The van der Waals surface area contributed by atoms with Crippen LogP contribution in [0.1, 0.15) is 18.9 Å². The van der Waals surface area contributed by atoms with Crippen molar-refractivity contribution in [3.8, 4) is 11.1 Å². The number of ether oxygens (including phenoxy) is 1. The Labute approximate surface area is 212 Å². The lowest BCUT2D eigenvalue weighted by atomic mass is 9.99. The molecule has 12 heteroatoms. The fourth-order valence-corrected chi connectivity index (χ4v) is 4.74. The van der Waals surface area contributed by atoms with Gasteiger partial charge in [0, 0.05) is 55.7 Å². The van der Waals surface area contributed by atoms with Crippen molar-refractivity contribution in [2.45, 2.75) is 31.2 Å². The van der Waals surface area contributed by atoms with Gasteiger partial charge in [0.05, 0.1) is 6.61 Å². The number of carbonyl (C=O) groups is 1. The summed E-state index contributed by atoms with van der Waals surface area (Å²) < 4.78 is 58.1. The van der Waals surface area contributed by atoms with Gasteiger partial charge in [0.25, 0.3) is 11.5 Å². The van der Waals surface area contributed by atoms with Gasteiger partial charge in [-0.05, 0) is 42.5 Å². The number of pyridine rings is 1. The van der Waals surface area contributed by atoms with Gasteiger partial charge in [-0.1, -0.05) is 18.2 Å². The number of benzene rings is 2. The predicted molar refractivity (Wildman–Crippen MR) is 135 cm³/mol. The molecular formula is C25H29F2N3O6S. The van der Waals surface area contributed by atoms with Gasteiger partial charge < -0.3 is 14.6 Å². The Morgan fingerprint density at radius 3 is 2.54 bits per heavy atom. The van der Waals surface area contributed by atoms with E-state index in [0.29, 0.717) is 24.1 Å². The van der Waals surface area contributed by atoms with E-state index < -0.39 is 37.7 Å². The Kier molecular flexibility index (Phi) is 8.80. The smallest absolute Gasteiger partial charge is 0.264 e. The number of sulfone groups is 1. The summed E-state index contributed by atoms with van der Waals surface area (Å²) in [6, 6.07) is 9.12. The largest absolute Gasteiger partial charge is 0.383 e. The molecule has 3 rings (SSSR count). The van der Waals surface area contributed by atoms with Crippen LogP contribution in [-0.4, -0.2) is 55.4 Å². The summed E-state index contributed by atoms with van der Waals surface area (Å²) >= 11 is 0. The third-order valence-corrected chi connectivity index (χ3v) is 8.50. The second kappa shape index (κ2) is 11.5. The van der Waals surface area contributed by atoms with Gasteiger partial charge in [0.1, 0.15) is 0 Å². The number of nitrogens with zero attached hydrogens (tertiary/aromatic N) is 1. The van der Waals surface area contributed by atoms with E-state index >= 15 is 0 Å². The Hall–Kier alpha value is -3.19. The number of halogens is 2. The zero-order chi connectivity index (χ0) is 27.4. The van der Waals surface area contributed by atoms with Gasteiger partial charge in [-0.2, -0.15) is 0 Å². The second-order valence-corrected chi connectivity index (χ2v) is 11.3. The van der Waals surface area contributed by atoms with Crippen LogP contribution in [0.5, 0.6) is 0 Å². The van der Waals surface area contributed by atoms with E-state index in [4.69, 9.17) is 9.94 Å². The summed E-state index contributed by atoms with van der Waals surface area (Å²) in [7, 11) is -2.37. The first-order valence-electron chi connectivity index (χ1n) is 11.4. The van der Waals surface area contributed by atoms with Gasteiger partial charge in [-0.3, -0.25) is 14.8 Å². The first-order chi connectivity index (χ1) is 17.4. The highest BCUT2D eigenvalue weighted by Gasteiger charge is 2.43. The molecule has 0 bridgehead atoms. The third-order valence-electron chi connectivity index (χ3n) is 6.48. The molecule has 3 aromatic rings. The number of rotatable bonds is 11. The highest BCUT2D eigenvalue weighted by Crippen LogP contribution is 2.29. The SMILES string of the molecule is COCCNCc1ccc(-c2ccc3c(=O)n(CCC(C)(C(=O)NO)S(C)(=O)=O)ccc3c2)c(F)c1F. The Morgan fingerprint density at radius 1 is 1.16 bits per heavy atom. The average molecular weight is 538 g/mol. The van der Waals surface area contributed by atoms with Crippen molar-refractivity contribution in [2.24, 2.45) is 0 Å². The molecule has 1 atom stereocenters. The molecule has 0 aliphatic heterocycles. The van der Waals surface area contributed by atoms with Gasteiger partial charge >= 0.3 is 0 Å². The Balaban J connectivity index is 1.89. The minimum atomic E-state index is -3.92. The molecular weight excluding hydrogens is 508 g/mol. The molecule has 37 heavy (non-hydrogen) atoms. The maximum absolute atomic E-state index is 14.9. The van der Waals surface area contributed by atoms with Crippen molar-refractivity contribution in [3.63, 3.8) is 0 Å². The van der Waals surface area contributed by atoms with E-state index in [1.807, 2.05) is 0 Å². The Morgan fingerprint density at radius 2 is 1.89 bits per heavy atom. The fraction of sp³-hybridized carbons (Fsp3) is 0.360. The molecule has 9 nitrogen and oxygen atoms in total. The van der Waals surface area contributed by atoms with E-state index in [2.05, 4.69) is 5.32 Å². The first kappa shape index (κ1) is 28.4. The van der Waals surface area contributed by atoms with Crippen LogP contribution in [0.4, 0.5) is 8.78 Å².